The number of amides is 1. The summed E-state index contributed by atoms with van der Waals surface area (Å²) >= 11 is 0. The number of aryl methyl sites for hydroxylation is 1. The summed E-state index contributed by atoms with van der Waals surface area (Å²) in [6, 6.07) is 8.67. The molecule has 0 unspecified atom stereocenters. The van der Waals surface area contributed by atoms with Crippen LogP contribution in [0.4, 0.5) is 18.9 Å². The summed E-state index contributed by atoms with van der Waals surface area (Å²) in [5.41, 5.74) is 0.0669. The molecule has 2 aromatic heterocycles. The third kappa shape index (κ3) is 4.43. The van der Waals surface area contributed by atoms with Gasteiger partial charge < -0.3 is 5.32 Å². The molecule has 1 aromatic carbocycles. The van der Waals surface area contributed by atoms with Gasteiger partial charge in [-0.15, -0.1) is 0 Å². The molecule has 1 N–H and O–H groups in total. The Morgan fingerprint density at radius 2 is 1.75 bits per heavy atom. The van der Waals surface area contributed by atoms with E-state index in [9.17, 15) is 22.8 Å². The van der Waals surface area contributed by atoms with Gasteiger partial charge in [0, 0.05) is 35.4 Å². The van der Waals surface area contributed by atoms with Gasteiger partial charge in [-0.2, -0.15) is 13.2 Å². The van der Waals surface area contributed by atoms with E-state index in [2.05, 4.69) is 15.3 Å². The third-order valence-electron chi connectivity index (χ3n) is 3.87. The molecule has 144 valence electrons. The van der Waals surface area contributed by atoms with Gasteiger partial charge in [-0.1, -0.05) is 0 Å². The molecule has 28 heavy (non-hydrogen) atoms. The number of rotatable bonds is 4. The van der Waals surface area contributed by atoms with Crippen LogP contribution in [0.1, 0.15) is 11.3 Å². The van der Waals surface area contributed by atoms with E-state index in [-0.39, 0.29) is 12.2 Å². The van der Waals surface area contributed by atoms with Crippen molar-refractivity contribution in [2.24, 2.45) is 0 Å². The van der Waals surface area contributed by atoms with E-state index in [1.807, 2.05) is 0 Å². The van der Waals surface area contributed by atoms with Gasteiger partial charge in [0.2, 0.25) is 5.91 Å². The molecular formula is C19H15F3N4O2. The van der Waals surface area contributed by atoms with Crippen molar-refractivity contribution in [1.82, 2.24) is 14.5 Å². The number of carbonyl (C=O) groups is 1. The van der Waals surface area contributed by atoms with Crippen LogP contribution in [-0.2, 0) is 17.5 Å². The van der Waals surface area contributed by atoms with Gasteiger partial charge in [0.25, 0.3) is 5.56 Å². The standard InChI is InChI=1S/C19H15F3N4O2/c1-12-10-17(28)26(18(24-12)13-6-8-23-9-7-13)11-16(27)25-15-4-2-14(3-5-15)19(20,21)22/h2-10H,11H2,1H3,(H,25,27). The van der Waals surface area contributed by atoms with E-state index in [4.69, 9.17) is 0 Å². The molecule has 0 saturated carbocycles. The summed E-state index contributed by atoms with van der Waals surface area (Å²) in [5.74, 6) is -0.266. The van der Waals surface area contributed by atoms with Gasteiger partial charge >= 0.3 is 6.18 Å². The molecule has 0 bridgehead atoms. The number of nitrogens with zero attached hydrogens (tertiary/aromatic N) is 3. The minimum Gasteiger partial charge on any atom is -0.325 e. The summed E-state index contributed by atoms with van der Waals surface area (Å²) in [7, 11) is 0. The molecule has 0 radical (unpaired) electrons. The number of benzene rings is 1. The maximum absolute atomic E-state index is 12.6. The Bertz CT molecular complexity index is 1050. The first kappa shape index (κ1) is 19.3. The summed E-state index contributed by atoms with van der Waals surface area (Å²) in [6.45, 7) is 1.32. The predicted octanol–water partition coefficient (Wildman–Crippen LogP) is 3.27. The number of anilines is 1. The highest BCUT2D eigenvalue weighted by Crippen LogP contribution is 2.29. The van der Waals surface area contributed by atoms with Crippen LogP contribution in [0.3, 0.4) is 0 Å². The van der Waals surface area contributed by atoms with Crippen LogP contribution in [0.5, 0.6) is 0 Å². The Balaban J connectivity index is 1.84. The summed E-state index contributed by atoms with van der Waals surface area (Å²) in [4.78, 5) is 33.0. The van der Waals surface area contributed by atoms with Gasteiger partial charge in [-0.25, -0.2) is 4.98 Å². The minimum absolute atomic E-state index is 0.191. The lowest BCUT2D eigenvalue weighted by molar-refractivity contribution is -0.137. The van der Waals surface area contributed by atoms with Crippen LogP contribution >= 0.6 is 0 Å². The molecule has 0 aliphatic rings. The normalized spacial score (nSPS) is 11.3. The smallest absolute Gasteiger partial charge is 0.325 e. The van der Waals surface area contributed by atoms with E-state index in [0.717, 1.165) is 24.3 Å². The second kappa shape index (κ2) is 7.63. The number of carbonyl (C=O) groups excluding carboxylic acids is 1. The van der Waals surface area contributed by atoms with Gasteiger partial charge in [0.05, 0.1) is 5.56 Å². The van der Waals surface area contributed by atoms with Crippen LogP contribution in [0.15, 0.2) is 59.7 Å². The number of halogens is 3. The average molecular weight is 388 g/mol. The molecule has 2 heterocycles. The summed E-state index contributed by atoms with van der Waals surface area (Å²) < 4.78 is 39.0. The molecular weight excluding hydrogens is 373 g/mol. The lowest BCUT2D eigenvalue weighted by Crippen LogP contribution is -2.29. The molecule has 0 atom stereocenters. The topological polar surface area (TPSA) is 76.9 Å². The highest BCUT2D eigenvalue weighted by Gasteiger charge is 2.30. The largest absolute Gasteiger partial charge is 0.416 e. The van der Waals surface area contributed by atoms with E-state index in [1.54, 1.807) is 19.1 Å². The van der Waals surface area contributed by atoms with Crippen LogP contribution in [0.2, 0.25) is 0 Å². The van der Waals surface area contributed by atoms with Crippen molar-refractivity contribution in [3.8, 4) is 11.4 Å². The molecule has 6 nitrogen and oxygen atoms in total. The first-order valence-corrected chi connectivity index (χ1v) is 8.20. The highest BCUT2D eigenvalue weighted by atomic mass is 19.4. The van der Waals surface area contributed by atoms with Crippen molar-refractivity contribution in [1.29, 1.82) is 0 Å². The molecule has 3 aromatic rings. The second-order valence-corrected chi connectivity index (χ2v) is 6.00. The minimum atomic E-state index is -4.46. The fourth-order valence-corrected chi connectivity index (χ4v) is 2.58. The number of nitrogens with one attached hydrogen (secondary N) is 1. The van der Waals surface area contributed by atoms with Gasteiger partial charge in [0.15, 0.2) is 0 Å². The van der Waals surface area contributed by atoms with Crippen LogP contribution in [0.25, 0.3) is 11.4 Å². The van der Waals surface area contributed by atoms with Crippen molar-refractivity contribution in [3.05, 3.63) is 76.5 Å². The number of pyridine rings is 1. The van der Waals surface area contributed by atoms with Crippen molar-refractivity contribution < 1.29 is 18.0 Å². The predicted molar refractivity (Wildman–Crippen MR) is 96.5 cm³/mol. The Morgan fingerprint density at radius 3 is 2.36 bits per heavy atom. The summed E-state index contributed by atoms with van der Waals surface area (Å²) in [6.07, 6.45) is -1.38. The third-order valence-corrected chi connectivity index (χ3v) is 3.87. The monoisotopic (exact) mass is 388 g/mol. The molecule has 0 saturated heterocycles. The van der Waals surface area contributed by atoms with Crippen LogP contribution < -0.4 is 10.9 Å². The van der Waals surface area contributed by atoms with Gasteiger partial charge in [-0.3, -0.25) is 19.1 Å². The molecule has 3 rings (SSSR count). The number of hydrogen-bond acceptors (Lipinski definition) is 4. The van der Waals surface area contributed by atoms with Gasteiger partial charge in [0.1, 0.15) is 12.4 Å². The zero-order valence-corrected chi connectivity index (χ0v) is 14.7. The molecule has 0 aliphatic heterocycles. The number of alkyl halides is 3. The molecule has 0 spiro atoms. The quantitative estimate of drug-likeness (QED) is 0.744. The maximum atomic E-state index is 12.6. The lowest BCUT2D eigenvalue weighted by Gasteiger charge is -2.13. The van der Waals surface area contributed by atoms with Crippen molar-refractivity contribution in [2.45, 2.75) is 19.6 Å². The van der Waals surface area contributed by atoms with Crippen molar-refractivity contribution in [2.75, 3.05) is 5.32 Å². The molecule has 0 fully saturated rings. The Labute approximate surface area is 157 Å². The second-order valence-electron chi connectivity index (χ2n) is 6.00. The van der Waals surface area contributed by atoms with Crippen LogP contribution in [0, 0.1) is 6.92 Å². The first-order chi connectivity index (χ1) is 13.2. The lowest BCUT2D eigenvalue weighted by atomic mass is 10.2. The highest BCUT2D eigenvalue weighted by molar-refractivity contribution is 5.90. The SMILES string of the molecule is Cc1cc(=O)n(CC(=O)Nc2ccc(C(F)(F)F)cc2)c(-c2ccncc2)n1. The Kier molecular flexibility index (Phi) is 5.25. The maximum Gasteiger partial charge on any atom is 0.416 e. The molecule has 9 heteroatoms. The number of hydrogen-bond donors (Lipinski definition) is 1. The zero-order chi connectivity index (χ0) is 20.3. The van der Waals surface area contributed by atoms with Crippen molar-refractivity contribution >= 4 is 11.6 Å². The zero-order valence-electron chi connectivity index (χ0n) is 14.7. The number of aromatic nitrogens is 3. The fraction of sp³-hybridized carbons (Fsp3) is 0.158. The molecule has 1 amide bonds. The Morgan fingerprint density at radius 1 is 1.11 bits per heavy atom. The van der Waals surface area contributed by atoms with E-state index < -0.39 is 23.2 Å². The first-order valence-electron chi connectivity index (χ1n) is 8.20. The van der Waals surface area contributed by atoms with E-state index in [1.165, 1.54) is 23.0 Å². The van der Waals surface area contributed by atoms with Gasteiger partial charge in [-0.05, 0) is 43.3 Å². The fourth-order valence-electron chi connectivity index (χ4n) is 2.58. The van der Waals surface area contributed by atoms with Crippen molar-refractivity contribution in [3.63, 3.8) is 0 Å². The van der Waals surface area contributed by atoms with E-state index >= 15 is 0 Å². The Hall–Kier alpha value is -3.49. The van der Waals surface area contributed by atoms with E-state index in [0.29, 0.717) is 17.1 Å². The molecule has 0 aliphatic carbocycles. The summed E-state index contributed by atoms with van der Waals surface area (Å²) in [5, 5.41) is 2.48. The van der Waals surface area contributed by atoms with Crippen LogP contribution in [-0.4, -0.2) is 20.4 Å². The average Bonchev–Trinajstić information content (AvgIpc) is 2.64.